The molecule has 0 saturated heterocycles. The molecule has 0 spiro atoms. The Morgan fingerprint density at radius 2 is 2.30 bits per heavy atom. The van der Waals surface area contributed by atoms with Gasteiger partial charge in [-0.05, 0) is 24.8 Å². The van der Waals surface area contributed by atoms with Crippen LogP contribution in [-0.4, -0.2) is 24.8 Å². The summed E-state index contributed by atoms with van der Waals surface area (Å²) < 4.78 is 0. The van der Waals surface area contributed by atoms with Crippen LogP contribution in [0.15, 0.2) is 0 Å². The van der Waals surface area contributed by atoms with E-state index in [0.717, 1.165) is 24.9 Å². The first-order valence-corrected chi connectivity index (χ1v) is 4.20. The molecule has 0 aromatic carbocycles. The standard InChI is InChI=1S/C8H17NO/c1-2-7-5-8(7)6-9-3-4-10/h7-10H,2-6H2,1H3/t7-,8+/m1/s1. The van der Waals surface area contributed by atoms with Crippen LogP contribution in [0.1, 0.15) is 19.8 Å². The zero-order chi connectivity index (χ0) is 7.40. The van der Waals surface area contributed by atoms with Gasteiger partial charge in [0.15, 0.2) is 0 Å². The topological polar surface area (TPSA) is 32.3 Å². The Bertz CT molecular complexity index is 95.3. The van der Waals surface area contributed by atoms with E-state index < -0.39 is 0 Å². The third-order valence-electron chi connectivity index (χ3n) is 2.29. The molecule has 0 aliphatic heterocycles. The smallest absolute Gasteiger partial charge is 0.0555 e. The molecule has 2 heteroatoms. The summed E-state index contributed by atoms with van der Waals surface area (Å²) in [7, 11) is 0. The van der Waals surface area contributed by atoms with Crippen molar-refractivity contribution in [1.82, 2.24) is 5.32 Å². The van der Waals surface area contributed by atoms with Gasteiger partial charge in [0.1, 0.15) is 0 Å². The van der Waals surface area contributed by atoms with E-state index in [2.05, 4.69) is 12.2 Å². The van der Waals surface area contributed by atoms with Crippen molar-refractivity contribution in [2.45, 2.75) is 19.8 Å². The minimum absolute atomic E-state index is 0.267. The van der Waals surface area contributed by atoms with Gasteiger partial charge >= 0.3 is 0 Å². The van der Waals surface area contributed by atoms with E-state index >= 15 is 0 Å². The molecule has 0 aromatic heterocycles. The second kappa shape index (κ2) is 3.94. The summed E-state index contributed by atoms with van der Waals surface area (Å²) in [5.41, 5.74) is 0. The fourth-order valence-corrected chi connectivity index (χ4v) is 1.43. The summed E-state index contributed by atoms with van der Waals surface area (Å²) in [6.45, 7) is 4.38. The molecule has 2 atom stereocenters. The molecule has 10 heavy (non-hydrogen) atoms. The van der Waals surface area contributed by atoms with Crippen molar-refractivity contribution in [3.8, 4) is 0 Å². The first kappa shape index (κ1) is 8.02. The van der Waals surface area contributed by atoms with Gasteiger partial charge in [-0.25, -0.2) is 0 Å². The number of aliphatic hydroxyl groups is 1. The van der Waals surface area contributed by atoms with E-state index in [1.54, 1.807) is 0 Å². The Balaban J connectivity index is 1.87. The Labute approximate surface area is 62.6 Å². The molecular weight excluding hydrogens is 126 g/mol. The van der Waals surface area contributed by atoms with Crippen molar-refractivity contribution in [1.29, 1.82) is 0 Å². The molecular formula is C8H17NO. The second-order valence-corrected chi connectivity index (χ2v) is 3.09. The summed E-state index contributed by atoms with van der Waals surface area (Å²) in [6.07, 6.45) is 2.72. The van der Waals surface area contributed by atoms with Gasteiger partial charge < -0.3 is 10.4 Å². The summed E-state index contributed by atoms with van der Waals surface area (Å²) in [5.74, 6) is 1.89. The molecule has 1 rings (SSSR count). The summed E-state index contributed by atoms with van der Waals surface area (Å²) in [5, 5.41) is 11.7. The van der Waals surface area contributed by atoms with Gasteiger partial charge in [0.25, 0.3) is 0 Å². The maximum absolute atomic E-state index is 8.46. The maximum Gasteiger partial charge on any atom is 0.0555 e. The number of hydrogen-bond donors (Lipinski definition) is 2. The largest absolute Gasteiger partial charge is 0.395 e. The van der Waals surface area contributed by atoms with Gasteiger partial charge in [0.05, 0.1) is 6.61 Å². The van der Waals surface area contributed by atoms with Gasteiger partial charge in [0.2, 0.25) is 0 Å². The van der Waals surface area contributed by atoms with Crippen LogP contribution in [-0.2, 0) is 0 Å². The molecule has 1 aliphatic carbocycles. The molecule has 2 N–H and O–H groups in total. The number of hydrogen-bond acceptors (Lipinski definition) is 2. The molecule has 2 nitrogen and oxygen atoms in total. The van der Waals surface area contributed by atoms with Gasteiger partial charge in [-0.1, -0.05) is 13.3 Å². The van der Waals surface area contributed by atoms with E-state index in [4.69, 9.17) is 5.11 Å². The van der Waals surface area contributed by atoms with E-state index in [-0.39, 0.29) is 6.61 Å². The molecule has 0 radical (unpaired) electrons. The molecule has 1 fully saturated rings. The average molecular weight is 143 g/mol. The monoisotopic (exact) mass is 143 g/mol. The number of nitrogens with one attached hydrogen (secondary N) is 1. The van der Waals surface area contributed by atoms with Crippen LogP contribution in [0.5, 0.6) is 0 Å². The van der Waals surface area contributed by atoms with Crippen molar-refractivity contribution in [3.63, 3.8) is 0 Å². The lowest BCUT2D eigenvalue weighted by molar-refractivity contribution is 0.291. The normalized spacial score (nSPS) is 30.6. The fraction of sp³-hybridized carbons (Fsp3) is 1.00. The van der Waals surface area contributed by atoms with Crippen molar-refractivity contribution in [3.05, 3.63) is 0 Å². The zero-order valence-electron chi connectivity index (χ0n) is 6.64. The lowest BCUT2D eigenvalue weighted by Gasteiger charge is -1.99. The van der Waals surface area contributed by atoms with Gasteiger partial charge in [0, 0.05) is 6.54 Å². The quantitative estimate of drug-likeness (QED) is 0.553. The number of rotatable bonds is 5. The first-order valence-electron chi connectivity index (χ1n) is 4.20. The lowest BCUT2D eigenvalue weighted by atomic mass is 10.2. The van der Waals surface area contributed by atoms with Crippen LogP contribution in [0.2, 0.25) is 0 Å². The Morgan fingerprint density at radius 3 is 2.80 bits per heavy atom. The predicted octanol–water partition coefficient (Wildman–Crippen LogP) is 0.614. The first-order chi connectivity index (χ1) is 4.88. The Morgan fingerprint density at radius 1 is 1.50 bits per heavy atom. The Hall–Kier alpha value is -0.0800. The van der Waals surface area contributed by atoms with Gasteiger partial charge in [-0.15, -0.1) is 0 Å². The summed E-state index contributed by atoms with van der Waals surface area (Å²) in [6, 6.07) is 0. The zero-order valence-corrected chi connectivity index (χ0v) is 6.64. The average Bonchev–Trinajstić information content (AvgIpc) is 2.68. The molecule has 0 heterocycles. The van der Waals surface area contributed by atoms with E-state index in [1.807, 2.05) is 0 Å². The van der Waals surface area contributed by atoms with E-state index in [9.17, 15) is 0 Å². The minimum atomic E-state index is 0.267. The van der Waals surface area contributed by atoms with Crippen molar-refractivity contribution < 1.29 is 5.11 Å². The van der Waals surface area contributed by atoms with E-state index in [1.165, 1.54) is 12.8 Å². The third kappa shape index (κ3) is 2.27. The van der Waals surface area contributed by atoms with Crippen molar-refractivity contribution >= 4 is 0 Å². The molecule has 60 valence electrons. The van der Waals surface area contributed by atoms with Gasteiger partial charge in [-0.3, -0.25) is 0 Å². The molecule has 0 unspecified atom stereocenters. The lowest BCUT2D eigenvalue weighted by Crippen LogP contribution is -2.21. The van der Waals surface area contributed by atoms with Crippen LogP contribution >= 0.6 is 0 Å². The van der Waals surface area contributed by atoms with Crippen molar-refractivity contribution in [2.75, 3.05) is 19.7 Å². The minimum Gasteiger partial charge on any atom is -0.395 e. The fourth-order valence-electron chi connectivity index (χ4n) is 1.43. The summed E-state index contributed by atoms with van der Waals surface area (Å²) in [4.78, 5) is 0. The highest BCUT2D eigenvalue weighted by molar-refractivity contribution is 4.86. The maximum atomic E-state index is 8.46. The SMILES string of the molecule is CC[C@@H]1C[C@H]1CNCCO. The molecule has 0 amide bonds. The number of aliphatic hydroxyl groups excluding tert-OH is 1. The van der Waals surface area contributed by atoms with Crippen molar-refractivity contribution in [2.24, 2.45) is 11.8 Å². The summed E-state index contributed by atoms with van der Waals surface area (Å²) >= 11 is 0. The van der Waals surface area contributed by atoms with Crippen LogP contribution in [0.4, 0.5) is 0 Å². The molecule has 0 bridgehead atoms. The van der Waals surface area contributed by atoms with E-state index in [0.29, 0.717) is 0 Å². The van der Waals surface area contributed by atoms with Crippen LogP contribution in [0.3, 0.4) is 0 Å². The highest BCUT2D eigenvalue weighted by Crippen LogP contribution is 2.40. The molecule has 0 aromatic rings. The molecule has 1 saturated carbocycles. The van der Waals surface area contributed by atoms with Gasteiger partial charge in [-0.2, -0.15) is 0 Å². The van der Waals surface area contributed by atoms with Crippen LogP contribution < -0.4 is 5.32 Å². The van der Waals surface area contributed by atoms with Crippen LogP contribution in [0, 0.1) is 11.8 Å². The van der Waals surface area contributed by atoms with Crippen LogP contribution in [0.25, 0.3) is 0 Å². The Kier molecular flexibility index (Phi) is 3.16. The molecule has 1 aliphatic rings. The third-order valence-corrected chi connectivity index (χ3v) is 2.29. The highest BCUT2D eigenvalue weighted by Gasteiger charge is 2.34. The second-order valence-electron chi connectivity index (χ2n) is 3.09. The predicted molar refractivity (Wildman–Crippen MR) is 41.8 cm³/mol. The highest BCUT2D eigenvalue weighted by atomic mass is 16.3.